The Balaban J connectivity index is 1.95. The van der Waals surface area contributed by atoms with Gasteiger partial charge in [0.05, 0.1) is 5.92 Å². The van der Waals surface area contributed by atoms with Crippen LogP contribution in [0.15, 0.2) is 0 Å². The standard InChI is InChI=1S/C13H26N4O/c1-16(2)13(18)10-4-3-7-17(9-10)12-5-6-15-8-11(12)14/h10-12,15H,3-9,14H2,1-2H3. The van der Waals surface area contributed by atoms with Crippen LogP contribution < -0.4 is 11.1 Å². The topological polar surface area (TPSA) is 61.6 Å². The highest BCUT2D eigenvalue weighted by molar-refractivity contribution is 5.78. The van der Waals surface area contributed by atoms with E-state index < -0.39 is 0 Å². The summed E-state index contributed by atoms with van der Waals surface area (Å²) in [7, 11) is 3.69. The SMILES string of the molecule is CN(C)C(=O)C1CCCN(C2CCNCC2N)C1. The van der Waals surface area contributed by atoms with Gasteiger partial charge in [-0.1, -0.05) is 0 Å². The Bertz CT molecular complexity index is 295. The predicted octanol–water partition coefficient (Wildman–Crippen LogP) is -0.524. The van der Waals surface area contributed by atoms with Crippen LogP contribution in [0.3, 0.4) is 0 Å². The number of nitrogens with one attached hydrogen (secondary N) is 1. The van der Waals surface area contributed by atoms with Crippen molar-refractivity contribution in [2.75, 3.05) is 40.3 Å². The maximum absolute atomic E-state index is 12.1. The molecule has 0 aromatic rings. The predicted molar refractivity (Wildman–Crippen MR) is 72.2 cm³/mol. The van der Waals surface area contributed by atoms with E-state index in [1.54, 1.807) is 4.90 Å². The van der Waals surface area contributed by atoms with Gasteiger partial charge in [-0.3, -0.25) is 9.69 Å². The van der Waals surface area contributed by atoms with Gasteiger partial charge in [0, 0.05) is 39.3 Å². The van der Waals surface area contributed by atoms with E-state index in [1.165, 1.54) is 0 Å². The van der Waals surface area contributed by atoms with Crippen LogP contribution in [0.2, 0.25) is 0 Å². The van der Waals surface area contributed by atoms with Crippen molar-refractivity contribution >= 4 is 5.91 Å². The summed E-state index contributed by atoms with van der Waals surface area (Å²) < 4.78 is 0. The number of nitrogens with zero attached hydrogens (tertiary/aromatic N) is 2. The number of likely N-dealkylation sites (tertiary alicyclic amines) is 1. The molecule has 0 aromatic heterocycles. The highest BCUT2D eigenvalue weighted by Gasteiger charge is 2.33. The van der Waals surface area contributed by atoms with Crippen molar-refractivity contribution in [3.8, 4) is 0 Å². The summed E-state index contributed by atoms with van der Waals surface area (Å²) in [5, 5.41) is 3.33. The largest absolute Gasteiger partial charge is 0.349 e. The molecule has 0 saturated carbocycles. The van der Waals surface area contributed by atoms with Crippen molar-refractivity contribution < 1.29 is 4.79 Å². The molecule has 0 spiro atoms. The minimum atomic E-state index is 0.163. The summed E-state index contributed by atoms with van der Waals surface area (Å²) in [5.41, 5.74) is 6.19. The second-order valence-electron chi connectivity index (χ2n) is 5.79. The van der Waals surface area contributed by atoms with Crippen LogP contribution in [-0.2, 0) is 4.79 Å². The molecule has 0 bridgehead atoms. The Kier molecular flexibility index (Phi) is 4.59. The lowest BCUT2D eigenvalue weighted by atomic mass is 9.92. The highest BCUT2D eigenvalue weighted by atomic mass is 16.2. The molecule has 0 aromatic carbocycles. The summed E-state index contributed by atoms with van der Waals surface area (Å²) in [4.78, 5) is 16.2. The third-order valence-electron chi connectivity index (χ3n) is 4.20. The van der Waals surface area contributed by atoms with E-state index in [0.717, 1.165) is 45.4 Å². The van der Waals surface area contributed by atoms with Gasteiger partial charge in [0.1, 0.15) is 0 Å². The lowest BCUT2D eigenvalue weighted by molar-refractivity contribution is -0.135. The number of rotatable bonds is 2. The monoisotopic (exact) mass is 254 g/mol. The Morgan fingerprint density at radius 3 is 2.83 bits per heavy atom. The summed E-state index contributed by atoms with van der Waals surface area (Å²) >= 11 is 0. The van der Waals surface area contributed by atoms with Crippen molar-refractivity contribution in [1.82, 2.24) is 15.1 Å². The highest BCUT2D eigenvalue weighted by Crippen LogP contribution is 2.22. The van der Waals surface area contributed by atoms with Crippen molar-refractivity contribution in [3.05, 3.63) is 0 Å². The Morgan fingerprint density at radius 2 is 2.17 bits per heavy atom. The number of carbonyl (C=O) groups excluding carboxylic acids is 1. The van der Waals surface area contributed by atoms with Crippen LogP contribution in [0.5, 0.6) is 0 Å². The van der Waals surface area contributed by atoms with Gasteiger partial charge in [-0.15, -0.1) is 0 Å². The van der Waals surface area contributed by atoms with Crippen LogP contribution in [0, 0.1) is 5.92 Å². The molecule has 0 radical (unpaired) electrons. The maximum Gasteiger partial charge on any atom is 0.226 e. The molecule has 3 unspecified atom stereocenters. The van der Waals surface area contributed by atoms with Crippen molar-refractivity contribution in [1.29, 1.82) is 0 Å². The number of carbonyl (C=O) groups is 1. The lowest BCUT2D eigenvalue weighted by Gasteiger charge is -2.42. The molecule has 18 heavy (non-hydrogen) atoms. The van der Waals surface area contributed by atoms with E-state index in [1.807, 2.05) is 14.1 Å². The smallest absolute Gasteiger partial charge is 0.226 e. The molecular weight excluding hydrogens is 228 g/mol. The fourth-order valence-electron chi connectivity index (χ4n) is 3.20. The van der Waals surface area contributed by atoms with E-state index in [4.69, 9.17) is 5.73 Å². The normalized spacial score (nSPS) is 34.3. The average Bonchev–Trinajstić information content (AvgIpc) is 2.38. The van der Waals surface area contributed by atoms with Crippen LogP contribution in [0.4, 0.5) is 0 Å². The van der Waals surface area contributed by atoms with E-state index in [2.05, 4.69) is 10.2 Å². The van der Waals surface area contributed by atoms with Crippen LogP contribution in [-0.4, -0.2) is 68.1 Å². The molecule has 2 saturated heterocycles. The van der Waals surface area contributed by atoms with Crippen molar-refractivity contribution in [2.24, 2.45) is 11.7 Å². The average molecular weight is 254 g/mol. The van der Waals surface area contributed by atoms with E-state index in [9.17, 15) is 4.79 Å². The summed E-state index contributed by atoms with van der Waals surface area (Å²) in [6.45, 7) is 3.92. The molecule has 104 valence electrons. The molecular formula is C13H26N4O. The van der Waals surface area contributed by atoms with Crippen molar-refractivity contribution in [2.45, 2.75) is 31.3 Å². The van der Waals surface area contributed by atoms with Crippen LogP contribution >= 0.6 is 0 Å². The molecule has 2 rings (SSSR count). The van der Waals surface area contributed by atoms with Gasteiger partial charge in [-0.25, -0.2) is 0 Å². The molecule has 5 heteroatoms. The Hall–Kier alpha value is -0.650. The van der Waals surface area contributed by atoms with Gasteiger partial charge in [0.2, 0.25) is 5.91 Å². The second kappa shape index (κ2) is 5.99. The molecule has 2 aliphatic rings. The first kappa shape index (κ1) is 13.8. The van der Waals surface area contributed by atoms with Gasteiger partial charge in [0.15, 0.2) is 0 Å². The molecule has 3 N–H and O–H groups in total. The second-order valence-corrected chi connectivity index (χ2v) is 5.79. The molecule has 3 atom stereocenters. The zero-order valence-electron chi connectivity index (χ0n) is 11.6. The third kappa shape index (κ3) is 3.02. The maximum atomic E-state index is 12.1. The number of piperidine rings is 2. The zero-order chi connectivity index (χ0) is 13.1. The van der Waals surface area contributed by atoms with E-state index in [-0.39, 0.29) is 17.9 Å². The first-order valence-corrected chi connectivity index (χ1v) is 7.01. The number of nitrogens with two attached hydrogens (primary N) is 1. The quantitative estimate of drug-likeness (QED) is 0.696. The minimum Gasteiger partial charge on any atom is -0.349 e. The van der Waals surface area contributed by atoms with Gasteiger partial charge in [-0.05, 0) is 32.4 Å². The fourth-order valence-corrected chi connectivity index (χ4v) is 3.20. The lowest BCUT2D eigenvalue weighted by Crippen LogP contribution is -2.59. The summed E-state index contributed by atoms with van der Waals surface area (Å²) in [6, 6.07) is 0.649. The van der Waals surface area contributed by atoms with E-state index in [0.29, 0.717) is 6.04 Å². The number of hydrogen-bond acceptors (Lipinski definition) is 4. The van der Waals surface area contributed by atoms with E-state index >= 15 is 0 Å². The van der Waals surface area contributed by atoms with Gasteiger partial charge >= 0.3 is 0 Å². The fraction of sp³-hybridized carbons (Fsp3) is 0.923. The molecule has 5 nitrogen and oxygen atoms in total. The first-order chi connectivity index (χ1) is 8.59. The van der Waals surface area contributed by atoms with Gasteiger partial charge < -0.3 is 16.0 Å². The van der Waals surface area contributed by atoms with Crippen LogP contribution in [0.1, 0.15) is 19.3 Å². The summed E-state index contributed by atoms with van der Waals surface area (Å²) in [6.07, 6.45) is 3.23. The molecule has 2 heterocycles. The van der Waals surface area contributed by atoms with Crippen LogP contribution in [0.25, 0.3) is 0 Å². The van der Waals surface area contributed by atoms with Gasteiger partial charge in [-0.2, -0.15) is 0 Å². The molecule has 1 amide bonds. The molecule has 2 aliphatic heterocycles. The Morgan fingerprint density at radius 1 is 1.39 bits per heavy atom. The summed E-state index contributed by atoms with van der Waals surface area (Å²) in [5.74, 6) is 0.429. The van der Waals surface area contributed by atoms with Crippen molar-refractivity contribution in [3.63, 3.8) is 0 Å². The zero-order valence-corrected chi connectivity index (χ0v) is 11.6. The Labute approximate surface area is 110 Å². The molecule has 2 fully saturated rings. The third-order valence-corrected chi connectivity index (χ3v) is 4.20. The minimum absolute atomic E-state index is 0.163. The number of amides is 1. The number of hydrogen-bond donors (Lipinski definition) is 2. The first-order valence-electron chi connectivity index (χ1n) is 7.01. The van der Waals surface area contributed by atoms with Gasteiger partial charge in [0.25, 0.3) is 0 Å². The molecule has 0 aliphatic carbocycles.